The van der Waals surface area contributed by atoms with E-state index in [0.29, 0.717) is 30.2 Å². The van der Waals surface area contributed by atoms with Crippen molar-refractivity contribution in [1.82, 2.24) is 4.90 Å². The molecule has 0 fully saturated rings. The van der Waals surface area contributed by atoms with Gasteiger partial charge in [-0.25, -0.2) is 4.79 Å². The molecule has 3 rings (SSSR count). The number of phenols is 1. The lowest BCUT2D eigenvalue weighted by atomic mass is 10.1. The van der Waals surface area contributed by atoms with Gasteiger partial charge in [0.1, 0.15) is 23.4 Å². The zero-order valence-corrected chi connectivity index (χ0v) is 15.3. The average molecular weight is 356 g/mol. The van der Waals surface area contributed by atoms with Gasteiger partial charge >= 0.3 is 6.03 Å². The van der Waals surface area contributed by atoms with E-state index in [1.54, 1.807) is 25.2 Å². The molecular weight excluding hydrogens is 332 g/mol. The minimum atomic E-state index is -0.291. The lowest BCUT2D eigenvalue weighted by Gasteiger charge is -2.20. The molecule has 6 nitrogen and oxygen atoms in total. The molecule has 2 N–H and O–H groups in total. The van der Waals surface area contributed by atoms with Gasteiger partial charge in [-0.15, -0.1) is 0 Å². The number of urea groups is 1. The van der Waals surface area contributed by atoms with Crippen LogP contribution in [0, 0.1) is 0 Å². The SMILES string of the molecule is CCOc1cc2c(cc1NC(=O)N(C)Cc1ccccc1O)O[C@H](C)C2. The Morgan fingerprint density at radius 3 is 2.88 bits per heavy atom. The first-order valence-corrected chi connectivity index (χ1v) is 8.73. The number of aromatic hydroxyl groups is 1. The van der Waals surface area contributed by atoms with Gasteiger partial charge in [0.05, 0.1) is 18.8 Å². The normalized spacial score (nSPS) is 15.1. The maximum absolute atomic E-state index is 12.6. The van der Waals surface area contributed by atoms with Gasteiger partial charge in [-0.3, -0.25) is 0 Å². The summed E-state index contributed by atoms with van der Waals surface area (Å²) < 4.78 is 11.5. The van der Waals surface area contributed by atoms with Gasteiger partial charge in [0.15, 0.2) is 0 Å². The van der Waals surface area contributed by atoms with Crippen molar-refractivity contribution in [3.8, 4) is 17.2 Å². The van der Waals surface area contributed by atoms with Gasteiger partial charge in [-0.05, 0) is 26.0 Å². The molecule has 2 amide bonds. The molecule has 1 aliphatic rings. The number of nitrogens with one attached hydrogen (secondary N) is 1. The highest BCUT2D eigenvalue weighted by atomic mass is 16.5. The third-order valence-electron chi connectivity index (χ3n) is 4.29. The van der Waals surface area contributed by atoms with E-state index < -0.39 is 0 Å². The van der Waals surface area contributed by atoms with Crippen LogP contribution in [0.2, 0.25) is 0 Å². The fourth-order valence-electron chi connectivity index (χ4n) is 2.99. The van der Waals surface area contributed by atoms with Crippen molar-refractivity contribution in [2.45, 2.75) is 32.9 Å². The van der Waals surface area contributed by atoms with Crippen molar-refractivity contribution in [2.24, 2.45) is 0 Å². The van der Waals surface area contributed by atoms with Crippen LogP contribution in [0.15, 0.2) is 36.4 Å². The van der Waals surface area contributed by atoms with Gasteiger partial charge < -0.3 is 24.8 Å². The van der Waals surface area contributed by atoms with Gasteiger partial charge in [-0.1, -0.05) is 18.2 Å². The van der Waals surface area contributed by atoms with Crippen molar-refractivity contribution in [1.29, 1.82) is 0 Å². The standard InChI is InChI=1S/C20H24N2O4/c1-4-25-19-10-15-9-13(2)26-18(15)11-16(19)21-20(24)22(3)12-14-7-5-6-8-17(14)23/h5-8,10-11,13,23H,4,9,12H2,1-3H3,(H,21,24)/t13-/m1/s1. The summed E-state index contributed by atoms with van der Waals surface area (Å²) in [7, 11) is 1.67. The second-order valence-corrected chi connectivity index (χ2v) is 6.44. The Kier molecular flexibility index (Phi) is 5.21. The van der Waals surface area contributed by atoms with E-state index in [2.05, 4.69) is 5.32 Å². The number of rotatable bonds is 5. The molecule has 6 heteroatoms. The van der Waals surface area contributed by atoms with Crippen molar-refractivity contribution >= 4 is 11.7 Å². The number of carbonyl (C=O) groups excluding carboxylic acids is 1. The van der Waals surface area contributed by atoms with E-state index in [0.717, 1.165) is 17.7 Å². The predicted molar refractivity (Wildman–Crippen MR) is 100.0 cm³/mol. The molecule has 26 heavy (non-hydrogen) atoms. The maximum Gasteiger partial charge on any atom is 0.321 e. The lowest BCUT2D eigenvalue weighted by molar-refractivity contribution is 0.220. The second-order valence-electron chi connectivity index (χ2n) is 6.44. The first kappa shape index (κ1) is 17.9. The summed E-state index contributed by atoms with van der Waals surface area (Å²) in [6, 6.07) is 10.4. The molecule has 0 unspecified atom stereocenters. The van der Waals surface area contributed by atoms with Crippen LogP contribution in [0.1, 0.15) is 25.0 Å². The molecule has 1 aliphatic heterocycles. The summed E-state index contributed by atoms with van der Waals surface area (Å²) in [6.07, 6.45) is 0.950. The molecule has 1 heterocycles. The van der Waals surface area contributed by atoms with Crippen molar-refractivity contribution in [3.05, 3.63) is 47.5 Å². The van der Waals surface area contributed by atoms with Crippen LogP contribution in [-0.4, -0.2) is 35.8 Å². The van der Waals surface area contributed by atoms with Crippen molar-refractivity contribution in [3.63, 3.8) is 0 Å². The topological polar surface area (TPSA) is 71.0 Å². The molecule has 2 aromatic rings. The minimum absolute atomic E-state index is 0.120. The van der Waals surface area contributed by atoms with E-state index in [4.69, 9.17) is 9.47 Å². The number of amides is 2. The molecular formula is C20H24N2O4. The van der Waals surface area contributed by atoms with E-state index in [9.17, 15) is 9.90 Å². The molecule has 0 aromatic heterocycles. The molecule has 0 saturated heterocycles. The largest absolute Gasteiger partial charge is 0.508 e. The Bertz CT molecular complexity index is 806. The Morgan fingerprint density at radius 1 is 1.38 bits per heavy atom. The summed E-state index contributed by atoms with van der Waals surface area (Å²) >= 11 is 0. The number of hydrogen-bond donors (Lipinski definition) is 2. The van der Waals surface area contributed by atoms with Crippen LogP contribution >= 0.6 is 0 Å². The van der Waals surface area contributed by atoms with E-state index >= 15 is 0 Å². The third kappa shape index (κ3) is 3.85. The fraction of sp³-hybridized carbons (Fsp3) is 0.350. The number of nitrogens with zero attached hydrogens (tertiary/aromatic N) is 1. The van der Waals surface area contributed by atoms with E-state index in [-0.39, 0.29) is 17.9 Å². The lowest BCUT2D eigenvalue weighted by Crippen LogP contribution is -2.31. The zero-order valence-electron chi connectivity index (χ0n) is 15.3. The van der Waals surface area contributed by atoms with Gasteiger partial charge in [0.25, 0.3) is 0 Å². The van der Waals surface area contributed by atoms with Crippen LogP contribution in [-0.2, 0) is 13.0 Å². The summed E-state index contributed by atoms with van der Waals surface area (Å²) in [4.78, 5) is 14.1. The molecule has 0 radical (unpaired) electrons. The molecule has 2 aromatic carbocycles. The van der Waals surface area contributed by atoms with Gasteiger partial charge in [0, 0.05) is 30.7 Å². The van der Waals surface area contributed by atoms with Gasteiger partial charge in [-0.2, -0.15) is 0 Å². The highest BCUT2D eigenvalue weighted by Gasteiger charge is 2.23. The summed E-state index contributed by atoms with van der Waals surface area (Å²) in [6.45, 7) is 4.72. The Balaban J connectivity index is 1.76. The predicted octanol–water partition coefficient (Wildman–Crippen LogP) is 3.78. The number of hydrogen-bond acceptors (Lipinski definition) is 4. The first-order valence-electron chi connectivity index (χ1n) is 8.73. The van der Waals surface area contributed by atoms with E-state index in [1.165, 1.54) is 4.90 Å². The number of benzene rings is 2. The number of carbonyl (C=O) groups is 1. The summed E-state index contributed by atoms with van der Waals surface area (Å²) in [5.41, 5.74) is 2.34. The molecule has 1 atom stereocenters. The zero-order chi connectivity index (χ0) is 18.7. The first-order chi connectivity index (χ1) is 12.5. The monoisotopic (exact) mass is 356 g/mol. The number of anilines is 1. The highest BCUT2D eigenvalue weighted by Crippen LogP contribution is 2.38. The van der Waals surface area contributed by atoms with Crippen LogP contribution in [0.3, 0.4) is 0 Å². The van der Waals surface area contributed by atoms with E-state index in [1.807, 2.05) is 32.0 Å². The highest BCUT2D eigenvalue weighted by molar-refractivity contribution is 5.91. The Labute approximate surface area is 153 Å². The second kappa shape index (κ2) is 7.56. The summed E-state index contributed by atoms with van der Waals surface area (Å²) in [5, 5.41) is 12.8. The van der Waals surface area contributed by atoms with Crippen LogP contribution in [0.4, 0.5) is 10.5 Å². The molecule has 0 spiro atoms. The smallest absolute Gasteiger partial charge is 0.321 e. The average Bonchev–Trinajstić information content (AvgIpc) is 2.96. The summed E-state index contributed by atoms with van der Waals surface area (Å²) in [5.74, 6) is 1.58. The Hall–Kier alpha value is -2.89. The number of ether oxygens (including phenoxy) is 2. The van der Waals surface area contributed by atoms with Gasteiger partial charge in [0.2, 0.25) is 0 Å². The number of para-hydroxylation sites is 1. The molecule has 0 aliphatic carbocycles. The molecule has 0 saturated carbocycles. The fourth-order valence-corrected chi connectivity index (χ4v) is 2.99. The quantitative estimate of drug-likeness (QED) is 0.855. The van der Waals surface area contributed by atoms with Crippen molar-refractivity contribution < 1.29 is 19.4 Å². The van der Waals surface area contributed by atoms with Crippen LogP contribution in [0.5, 0.6) is 17.2 Å². The number of fused-ring (bicyclic) bond motifs is 1. The number of phenolic OH excluding ortho intramolecular Hbond substituents is 1. The molecule has 138 valence electrons. The Morgan fingerprint density at radius 2 is 2.15 bits per heavy atom. The van der Waals surface area contributed by atoms with Crippen molar-refractivity contribution in [2.75, 3.05) is 19.0 Å². The van der Waals surface area contributed by atoms with Crippen LogP contribution in [0.25, 0.3) is 0 Å². The molecule has 0 bridgehead atoms. The van der Waals surface area contributed by atoms with Crippen LogP contribution < -0.4 is 14.8 Å². The third-order valence-corrected chi connectivity index (χ3v) is 4.29. The minimum Gasteiger partial charge on any atom is -0.508 e. The maximum atomic E-state index is 12.6.